The minimum Gasteiger partial charge on any atom is -0.398 e. The maximum atomic E-state index is 13.2. The van der Waals surface area contributed by atoms with Gasteiger partial charge in [-0.05, 0) is 85.8 Å². The number of hydrogen-bond acceptors (Lipinski definition) is 3. The average Bonchev–Trinajstić information content (AvgIpc) is 3.10. The number of nitrogens with one attached hydrogen (secondary N) is 2. The summed E-state index contributed by atoms with van der Waals surface area (Å²) in [6.45, 7) is 0. The Kier molecular flexibility index (Phi) is 3.93. The number of rotatable bonds is 4. The molecule has 1 fully saturated rings. The fraction of sp³-hybridized carbons (Fsp3) is 0.391. The van der Waals surface area contributed by atoms with Gasteiger partial charge in [-0.3, -0.25) is 9.59 Å². The molecule has 5 heteroatoms. The number of hydrogen-bond donors (Lipinski definition) is 3. The molecule has 0 aromatic heterocycles. The summed E-state index contributed by atoms with van der Waals surface area (Å²) in [4.78, 5) is 25.9. The van der Waals surface area contributed by atoms with E-state index in [4.69, 9.17) is 5.73 Å². The first-order valence-electron chi connectivity index (χ1n) is 10.2. The van der Waals surface area contributed by atoms with Gasteiger partial charge < -0.3 is 16.4 Å². The van der Waals surface area contributed by atoms with Crippen molar-refractivity contribution in [1.82, 2.24) is 5.32 Å². The largest absolute Gasteiger partial charge is 0.398 e. The molecule has 28 heavy (non-hydrogen) atoms. The van der Waals surface area contributed by atoms with Crippen molar-refractivity contribution in [3.63, 3.8) is 0 Å². The monoisotopic (exact) mass is 375 g/mol. The molecule has 2 amide bonds. The topological polar surface area (TPSA) is 84.2 Å². The molecule has 0 bridgehead atoms. The molecule has 2 aromatic rings. The van der Waals surface area contributed by atoms with E-state index in [0.717, 1.165) is 44.2 Å². The number of benzene rings is 2. The zero-order chi connectivity index (χ0) is 19.3. The Morgan fingerprint density at radius 1 is 0.929 bits per heavy atom. The van der Waals surface area contributed by atoms with Gasteiger partial charge in [0, 0.05) is 11.4 Å². The van der Waals surface area contributed by atoms with Gasteiger partial charge in [-0.2, -0.15) is 0 Å². The van der Waals surface area contributed by atoms with E-state index in [2.05, 4.69) is 16.7 Å². The first kappa shape index (κ1) is 17.3. The zero-order valence-electron chi connectivity index (χ0n) is 15.9. The second-order valence-electron chi connectivity index (χ2n) is 8.31. The Labute approximate surface area is 164 Å². The molecule has 5 nitrogen and oxygen atoms in total. The molecule has 0 unspecified atom stereocenters. The lowest BCUT2D eigenvalue weighted by atomic mass is 9.98. The van der Waals surface area contributed by atoms with Crippen LogP contribution in [0.5, 0.6) is 0 Å². The summed E-state index contributed by atoms with van der Waals surface area (Å²) in [6, 6.07) is 9.32. The van der Waals surface area contributed by atoms with E-state index in [0.29, 0.717) is 24.1 Å². The van der Waals surface area contributed by atoms with Crippen LogP contribution in [0.1, 0.15) is 58.3 Å². The molecule has 144 valence electrons. The van der Waals surface area contributed by atoms with E-state index >= 15 is 0 Å². The molecular weight excluding hydrogens is 350 g/mol. The van der Waals surface area contributed by atoms with Gasteiger partial charge in [-0.1, -0.05) is 18.2 Å². The first-order valence-corrected chi connectivity index (χ1v) is 10.2. The van der Waals surface area contributed by atoms with Crippen molar-refractivity contribution in [3.8, 4) is 0 Å². The number of nitrogen functional groups attached to an aromatic ring is 1. The van der Waals surface area contributed by atoms with Gasteiger partial charge in [-0.25, -0.2) is 0 Å². The Morgan fingerprint density at radius 2 is 1.57 bits per heavy atom. The number of amides is 2. The van der Waals surface area contributed by atoms with Crippen molar-refractivity contribution in [2.24, 2.45) is 0 Å². The molecule has 3 aliphatic rings. The van der Waals surface area contributed by atoms with Gasteiger partial charge in [0.2, 0.25) is 5.91 Å². The lowest BCUT2D eigenvalue weighted by Crippen LogP contribution is -2.46. The highest BCUT2D eigenvalue weighted by Crippen LogP contribution is 2.41. The number of para-hydroxylation sites is 1. The summed E-state index contributed by atoms with van der Waals surface area (Å²) in [5.74, 6) is -0.376. The Morgan fingerprint density at radius 3 is 2.18 bits per heavy atom. The van der Waals surface area contributed by atoms with Crippen molar-refractivity contribution < 1.29 is 9.59 Å². The number of fused-ring (bicyclic) bond motifs is 2. The highest BCUT2D eigenvalue weighted by molar-refractivity contribution is 6.07. The standard InChI is InChI=1S/C23H25N3O2/c24-19-10-2-1-7-18(19)21(27)26-23(11-12-23)22(28)25-20-16-8-3-5-14(16)13-15-6-4-9-17(15)20/h1-2,7,10,13H,3-6,8-9,11-12,24H2,(H,25,28)(H,26,27). The van der Waals surface area contributed by atoms with Crippen LogP contribution in [0.15, 0.2) is 30.3 Å². The fourth-order valence-electron chi connectivity index (χ4n) is 4.72. The van der Waals surface area contributed by atoms with Crippen LogP contribution in [0, 0.1) is 0 Å². The lowest BCUT2D eigenvalue weighted by Gasteiger charge is -2.21. The van der Waals surface area contributed by atoms with E-state index in [-0.39, 0.29) is 11.8 Å². The van der Waals surface area contributed by atoms with Crippen LogP contribution in [0.25, 0.3) is 0 Å². The highest BCUT2D eigenvalue weighted by Gasteiger charge is 2.51. The molecule has 4 N–H and O–H groups in total. The van der Waals surface area contributed by atoms with Crippen molar-refractivity contribution in [2.45, 2.75) is 56.9 Å². The second kappa shape index (κ2) is 6.36. The van der Waals surface area contributed by atoms with Crippen LogP contribution < -0.4 is 16.4 Å². The maximum absolute atomic E-state index is 13.2. The van der Waals surface area contributed by atoms with Gasteiger partial charge in [0.15, 0.2) is 0 Å². The van der Waals surface area contributed by atoms with Crippen molar-refractivity contribution in [1.29, 1.82) is 0 Å². The Balaban J connectivity index is 1.40. The third kappa shape index (κ3) is 2.77. The summed E-state index contributed by atoms with van der Waals surface area (Å²) in [6.07, 6.45) is 7.87. The number of anilines is 2. The number of carbonyl (C=O) groups is 2. The van der Waals surface area contributed by atoms with Crippen molar-refractivity contribution in [3.05, 3.63) is 58.1 Å². The lowest BCUT2D eigenvalue weighted by molar-refractivity contribution is -0.118. The van der Waals surface area contributed by atoms with Gasteiger partial charge in [-0.15, -0.1) is 0 Å². The molecule has 0 saturated heterocycles. The number of nitrogens with two attached hydrogens (primary N) is 1. The first-order chi connectivity index (χ1) is 13.6. The Hall–Kier alpha value is -2.82. The molecular formula is C23H25N3O2. The quantitative estimate of drug-likeness (QED) is 0.718. The molecule has 0 atom stereocenters. The van der Waals surface area contributed by atoms with Crippen molar-refractivity contribution >= 4 is 23.2 Å². The molecule has 0 spiro atoms. The molecule has 0 heterocycles. The van der Waals surface area contributed by atoms with Crippen LogP contribution >= 0.6 is 0 Å². The zero-order valence-corrected chi connectivity index (χ0v) is 15.9. The van der Waals surface area contributed by atoms with Crippen LogP contribution in [0.3, 0.4) is 0 Å². The normalized spacial score (nSPS) is 18.3. The number of aryl methyl sites for hydroxylation is 2. The smallest absolute Gasteiger partial charge is 0.254 e. The van der Waals surface area contributed by atoms with Crippen LogP contribution in [-0.4, -0.2) is 17.4 Å². The van der Waals surface area contributed by atoms with Crippen LogP contribution in [-0.2, 0) is 30.5 Å². The predicted molar refractivity (Wildman–Crippen MR) is 109 cm³/mol. The van der Waals surface area contributed by atoms with Crippen LogP contribution in [0.4, 0.5) is 11.4 Å². The molecule has 0 aliphatic heterocycles. The third-order valence-corrected chi connectivity index (χ3v) is 6.45. The fourth-order valence-corrected chi connectivity index (χ4v) is 4.72. The molecule has 2 aromatic carbocycles. The second-order valence-corrected chi connectivity index (χ2v) is 8.31. The van der Waals surface area contributed by atoms with Gasteiger partial charge in [0.25, 0.3) is 5.91 Å². The predicted octanol–water partition coefficient (Wildman–Crippen LogP) is 3.15. The highest BCUT2D eigenvalue weighted by atomic mass is 16.2. The van der Waals surface area contributed by atoms with Gasteiger partial charge in [0.1, 0.15) is 5.54 Å². The minimum atomic E-state index is -0.813. The summed E-state index contributed by atoms with van der Waals surface area (Å²) in [5.41, 5.74) is 12.4. The van der Waals surface area contributed by atoms with Crippen molar-refractivity contribution in [2.75, 3.05) is 11.1 Å². The van der Waals surface area contributed by atoms with E-state index in [1.807, 2.05) is 0 Å². The van der Waals surface area contributed by atoms with E-state index in [9.17, 15) is 9.59 Å². The SMILES string of the molecule is Nc1ccccc1C(=O)NC1(C(=O)Nc2c3c(cc4c2CCC4)CCC3)CC1. The molecule has 0 radical (unpaired) electrons. The van der Waals surface area contributed by atoms with E-state index in [1.165, 1.54) is 22.3 Å². The van der Waals surface area contributed by atoms with Crippen LogP contribution in [0.2, 0.25) is 0 Å². The molecule has 5 rings (SSSR count). The summed E-state index contributed by atoms with van der Waals surface area (Å²) in [5, 5.41) is 6.18. The maximum Gasteiger partial charge on any atom is 0.254 e. The Bertz CT molecular complexity index is 959. The summed E-state index contributed by atoms with van der Waals surface area (Å²) >= 11 is 0. The van der Waals surface area contributed by atoms with Gasteiger partial charge in [0.05, 0.1) is 5.56 Å². The van der Waals surface area contributed by atoms with E-state index < -0.39 is 5.54 Å². The third-order valence-electron chi connectivity index (χ3n) is 6.45. The molecule has 1 saturated carbocycles. The average molecular weight is 375 g/mol. The minimum absolute atomic E-state index is 0.0928. The van der Waals surface area contributed by atoms with Gasteiger partial charge >= 0.3 is 0 Å². The molecule has 3 aliphatic carbocycles. The van der Waals surface area contributed by atoms with E-state index in [1.54, 1.807) is 24.3 Å². The summed E-state index contributed by atoms with van der Waals surface area (Å²) < 4.78 is 0. The number of carbonyl (C=O) groups excluding carboxylic acids is 2. The summed E-state index contributed by atoms with van der Waals surface area (Å²) in [7, 11) is 0.